The smallest absolute Gasteiger partial charge is 0.143 e. The summed E-state index contributed by atoms with van der Waals surface area (Å²) in [6.45, 7) is 3.80. The van der Waals surface area contributed by atoms with E-state index in [4.69, 9.17) is 10.9 Å². The second kappa shape index (κ2) is 7.49. The predicted octanol–water partition coefficient (Wildman–Crippen LogP) is 1.93. The van der Waals surface area contributed by atoms with Crippen LogP contribution in [0.2, 0.25) is 0 Å². The standard InChI is InChI=1S/C12H25N3O/c1-10(12(13)15-16)9-14-8-7-11-5-3-2-4-6-11/h10-11,14,16H,2-9H2,1H3,(H2,13,15). The summed E-state index contributed by atoms with van der Waals surface area (Å²) < 4.78 is 0. The molecule has 0 spiro atoms. The van der Waals surface area contributed by atoms with Crippen molar-refractivity contribution >= 4 is 5.84 Å². The van der Waals surface area contributed by atoms with Crippen LogP contribution in [0.1, 0.15) is 45.4 Å². The van der Waals surface area contributed by atoms with Crippen LogP contribution in [0, 0.1) is 11.8 Å². The predicted molar refractivity (Wildman–Crippen MR) is 66.6 cm³/mol. The molecule has 1 aliphatic carbocycles. The van der Waals surface area contributed by atoms with Crippen LogP contribution in [0.15, 0.2) is 5.16 Å². The summed E-state index contributed by atoms with van der Waals surface area (Å²) in [6.07, 6.45) is 8.30. The summed E-state index contributed by atoms with van der Waals surface area (Å²) in [6, 6.07) is 0. The third-order valence-corrected chi connectivity index (χ3v) is 3.53. The average molecular weight is 227 g/mol. The number of amidine groups is 1. The Balaban J connectivity index is 2.02. The zero-order chi connectivity index (χ0) is 11.8. The van der Waals surface area contributed by atoms with Crippen LogP contribution in [-0.4, -0.2) is 24.1 Å². The van der Waals surface area contributed by atoms with E-state index in [1.54, 1.807) is 0 Å². The molecular formula is C12H25N3O. The number of oxime groups is 1. The lowest BCUT2D eigenvalue weighted by atomic mass is 9.87. The first-order chi connectivity index (χ1) is 7.74. The summed E-state index contributed by atoms with van der Waals surface area (Å²) in [5, 5.41) is 14.9. The highest BCUT2D eigenvalue weighted by Crippen LogP contribution is 2.25. The molecule has 0 aromatic heterocycles. The quantitative estimate of drug-likeness (QED) is 0.213. The lowest BCUT2D eigenvalue weighted by molar-refractivity contribution is 0.313. The molecule has 1 atom stereocenters. The van der Waals surface area contributed by atoms with Gasteiger partial charge >= 0.3 is 0 Å². The van der Waals surface area contributed by atoms with Crippen molar-refractivity contribution in [2.45, 2.75) is 45.4 Å². The first kappa shape index (κ1) is 13.3. The van der Waals surface area contributed by atoms with Gasteiger partial charge in [0.2, 0.25) is 0 Å². The lowest BCUT2D eigenvalue weighted by Crippen LogP contribution is -2.32. The molecule has 0 amide bonds. The van der Waals surface area contributed by atoms with Gasteiger partial charge in [-0.2, -0.15) is 0 Å². The highest BCUT2D eigenvalue weighted by molar-refractivity contribution is 5.82. The van der Waals surface area contributed by atoms with Crippen LogP contribution in [0.25, 0.3) is 0 Å². The van der Waals surface area contributed by atoms with Crippen LogP contribution < -0.4 is 11.1 Å². The fourth-order valence-corrected chi connectivity index (χ4v) is 2.30. The number of nitrogens with two attached hydrogens (primary N) is 1. The molecule has 1 rings (SSSR count). The maximum absolute atomic E-state index is 8.50. The van der Waals surface area contributed by atoms with Gasteiger partial charge in [0.15, 0.2) is 0 Å². The van der Waals surface area contributed by atoms with Gasteiger partial charge in [-0.1, -0.05) is 44.2 Å². The van der Waals surface area contributed by atoms with E-state index >= 15 is 0 Å². The van der Waals surface area contributed by atoms with E-state index in [0.29, 0.717) is 5.84 Å². The van der Waals surface area contributed by atoms with Gasteiger partial charge in [0.1, 0.15) is 5.84 Å². The molecule has 1 saturated carbocycles. The van der Waals surface area contributed by atoms with Crippen molar-refractivity contribution in [1.82, 2.24) is 5.32 Å². The van der Waals surface area contributed by atoms with E-state index in [0.717, 1.165) is 19.0 Å². The third kappa shape index (κ3) is 4.84. The average Bonchev–Trinajstić information content (AvgIpc) is 2.34. The van der Waals surface area contributed by atoms with Crippen molar-refractivity contribution in [2.75, 3.05) is 13.1 Å². The van der Waals surface area contributed by atoms with Gasteiger partial charge in [0, 0.05) is 12.5 Å². The van der Waals surface area contributed by atoms with Crippen molar-refractivity contribution in [2.24, 2.45) is 22.7 Å². The van der Waals surface area contributed by atoms with E-state index in [-0.39, 0.29) is 5.92 Å². The molecule has 4 N–H and O–H groups in total. The lowest BCUT2D eigenvalue weighted by Gasteiger charge is -2.21. The van der Waals surface area contributed by atoms with Gasteiger partial charge in [-0.15, -0.1) is 0 Å². The molecule has 0 heterocycles. The monoisotopic (exact) mass is 227 g/mol. The number of nitrogens with one attached hydrogen (secondary N) is 1. The van der Waals surface area contributed by atoms with E-state index in [2.05, 4.69) is 10.5 Å². The van der Waals surface area contributed by atoms with Crippen LogP contribution in [0.3, 0.4) is 0 Å². The minimum Gasteiger partial charge on any atom is -0.409 e. The normalized spacial score (nSPS) is 20.9. The molecule has 1 fully saturated rings. The first-order valence-electron chi connectivity index (χ1n) is 6.42. The van der Waals surface area contributed by atoms with Crippen molar-refractivity contribution in [3.8, 4) is 0 Å². The Kier molecular flexibility index (Phi) is 6.23. The van der Waals surface area contributed by atoms with Crippen LogP contribution in [0.5, 0.6) is 0 Å². The van der Waals surface area contributed by atoms with Gasteiger partial charge in [-0.3, -0.25) is 0 Å². The first-order valence-corrected chi connectivity index (χ1v) is 6.42. The Morgan fingerprint density at radius 1 is 1.44 bits per heavy atom. The maximum atomic E-state index is 8.50. The van der Waals surface area contributed by atoms with Crippen LogP contribution in [0.4, 0.5) is 0 Å². The maximum Gasteiger partial charge on any atom is 0.143 e. The molecule has 16 heavy (non-hydrogen) atoms. The second-order valence-electron chi connectivity index (χ2n) is 4.92. The molecule has 4 heteroatoms. The Bertz CT molecular complexity index is 212. The van der Waals surface area contributed by atoms with Gasteiger partial charge < -0.3 is 16.3 Å². The van der Waals surface area contributed by atoms with Crippen molar-refractivity contribution in [3.05, 3.63) is 0 Å². The minimum absolute atomic E-state index is 0.108. The highest BCUT2D eigenvalue weighted by atomic mass is 16.4. The summed E-state index contributed by atoms with van der Waals surface area (Å²) >= 11 is 0. The molecule has 94 valence electrons. The van der Waals surface area contributed by atoms with E-state index in [9.17, 15) is 0 Å². The topological polar surface area (TPSA) is 70.6 Å². The third-order valence-electron chi connectivity index (χ3n) is 3.53. The van der Waals surface area contributed by atoms with Gasteiger partial charge in [-0.05, 0) is 18.9 Å². The zero-order valence-corrected chi connectivity index (χ0v) is 10.3. The SMILES string of the molecule is CC(CNCCC1CCCCC1)C(N)=NO. The summed E-state index contributed by atoms with van der Waals surface area (Å²) in [5.74, 6) is 1.34. The molecule has 4 nitrogen and oxygen atoms in total. The van der Waals surface area contributed by atoms with E-state index in [1.165, 1.54) is 38.5 Å². The second-order valence-corrected chi connectivity index (χ2v) is 4.92. The van der Waals surface area contributed by atoms with Crippen molar-refractivity contribution in [1.29, 1.82) is 0 Å². The van der Waals surface area contributed by atoms with Crippen LogP contribution in [-0.2, 0) is 0 Å². The molecule has 0 aliphatic heterocycles. The van der Waals surface area contributed by atoms with Gasteiger partial charge in [-0.25, -0.2) is 0 Å². The fraction of sp³-hybridized carbons (Fsp3) is 0.917. The van der Waals surface area contributed by atoms with E-state index in [1.807, 2.05) is 6.92 Å². The van der Waals surface area contributed by atoms with Gasteiger partial charge in [0.25, 0.3) is 0 Å². The molecular weight excluding hydrogens is 202 g/mol. The summed E-state index contributed by atoms with van der Waals surface area (Å²) in [4.78, 5) is 0. The molecule has 0 saturated heterocycles. The Labute approximate surface area is 98.3 Å². The highest BCUT2D eigenvalue weighted by Gasteiger charge is 2.13. The van der Waals surface area contributed by atoms with E-state index < -0.39 is 0 Å². The number of hydrogen-bond donors (Lipinski definition) is 3. The molecule has 1 aliphatic rings. The number of rotatable bonds is 6. The van der Waals surface area contributed by atoms with Crippen molar-refractivity contribution < 1.29 is 5.21 Å². The molecule has 0 aromatic rings. The van der Waals surface area contributed by atoms with Crippen molar-refractivity contribution in [3.63, 3.8) is 0 Å². The largest absolute Gasteiger partial charge is 0.409 e. The summed E-state index contributed by atoms with van der Waals surface area (Å²) in [7, 11) is 0. The molecule has 0 bridgehead atoms. The molecule has 1 unspecified atom stereocenters. The number of nitrogens with zero attached hydrogens (tertiary/aromatic N) is 1. The zero-order valence-electron chi connectivity index (χ0n) is 10.3. The minimum atomic E-state index is 0.108. The van der Waals surface area contributed by atoms with Gasteiger partial charge in [0.05, 0.1) is 0 Å². The Hall–Kier alpha value is -0.770. The molecule has 0 aromatic carbocycles. The Morgan fingerprint density at radius 3 is 2.75 bits per heavy atom. The summed E-state index contributed by atoms with van der Waals surface area (Å²) in [5.41, 5.74) is 5.50. The fourth-order valence-electron chi connectivity index (χ4n) is 2.30. The van der Waals surface area contributed by atoms with Crippen LogP contribution >= 0.6 is 0 Å². The Morgan fingerprint density at radius 2 is 2.12 bits per heavy atom. The molecule has 0 radical (unpaired) electrons. The number of hydrogen-bond acceptors (Lipinski definition) is 3.